The highest BCUT2D eigenvalue weighted by atomic mass is 35.5. The topological polar surface area (TPSA) is 105 Å². The van der Waals surface area contributed by atoms with Crippen molar-refractivity contribution in [1.82, 2.24) is 14.1 Å². The fraction of sp³-hybridized carbons (Fsp3) is 0.125. The van der Waals surface area contributed by atoms with Crippen molar-refractivity contribution in [3.8, 4) is 34.2 Å². The largest absolute Gasteiger partial charge is 0.507 e. The molecule has 34 heavy (non-hydrogen) atoms. The van der Waals surface area contributed by atoms with Crippen LogP contribution in [0.5, 0.6) is 17.2 Å². The Kier molecular flexibility index (Phi) is 6.52. The number of phenolic OH excluding ortho intramolecular Hbond substituents is 2. The van der Waals surface area contributed by atoms with Crippen molar-refractivity contribution in [2.45, 2.75) is 11.4 Å². The van der Waals surface area contributed by atoms with Gasteiger partial charge in [-0.05, 0) is 30.3 Å². The zero-order chi connectivity index (χ0) is 24.5. The molecule has 0 radical (unpaired) electrons. The highest BCUT2D eigenvalue weighted by molar-refractivity contribution is 7.89. The van der Waals surface area contributed by atoms with E-state index >= 15 is 0 Å². The van der Waals surface area contributed by atoms with Crippen LogP contribution in [0.25, 0.3) is 16.9 Å². The van der Waals surface area contributed by atoms with E-state index in [2.05, 4.69) is 5.10 Å². The minimum absolute atomic E-state index is 0.0134. The van der Waals surface area contributed by atoms with Gasteiger partial charge in [0, 0.05) is 30.8 Å². The summed E-state index contributed by atoms with van der Waals surface area (Å²) in [5, 5.41) is 25.7. The Morgan fingerprint density at radius 3 is 2.47 bits per heavy atom. The maximum absolute atomic E-state index is 13.4. The van der Waals surface area contributed by atoms with Crippen LogP contribution in [0.2, 0.25) is 5.02 Å². The van der Waals surface area contributed by atoms with E-state index in [1.807, 2.05) is 0 Å². The monoisotopic (exact) mass is 499 g/mol. The lowest BCUT2D eigenvalue weighted by Crippen LogP contribution is -2.26. The second kappa shape index (κ2) is 9.38. The number of rotatable bonds is 7. The van der Waals surface area contributed by atoms with E-state index in [4.69, 9.17) is 16.3 Å². The second-order valence-corrected chi connectivity index (χ2v) is 9.91. The van der Waals surface area contributed by atoms with Crippen molar-refractivity contribution in [1.29, 1.82) is 0 Å². The first kappa shape index (κ1) is 23.6. The number of phenols is 2. The predicted molar refractivity (Wildman–Crippen MR) is 129 cm³/mol. The zero-order valence-corrected chi connectivity index (χ0v) is 20.0. The third kappa shape index (κ3) is 4.33. The molecule has 0 aliphatic rings. The average Bonchev–Trinajstić information content (AvgIpc) is 3.29. The maximum Gasteiger partial charge on any atom is 0.246 e. The van der Waals surface area contributed by atoms with Gasteiger partial charge in [0.1, 0.15) is 22.1 Å². The fourth-order valence-corrected chi connectivity index (χ4v) is 5.07. The third-order valence-corrected chi connectivity index (χ3v) is 7.50. The van der Waals surface area contributed by atoms with Crippen LogP contribution in [-0.4, -0.2) is 46.9 Å². The number of benzene rings is 3. The van der Waals surface area contributed by atoms with Crippen molar-refractivity contribution in [3.05, 3.63) is 83.5 Å². The van der Waals surface area contributed by atoms with E-state index in [-0.39, 0.29) is 22.8 Å². The molecule has 8 nitrogen and oxygen atoms in total. The number of aromatic nitrogens is 2. The summed E-state index contributed by atoms with van der Waals surface area (Å²) in [6.07, 6.45) is 1.51. The van der Waals surface area contributed by atoms with Gasteiger partial charge in [0.05, 0.1) is 29.7 Å². The predicted octanol–water partition coefficient (Wildman–Crippen LogP) is 4.43. The van der Waals surface area contributed by atoms with E-state index < -0.39 is 15.8 Å². The molecule has 0 bridgehead atoms. The molecule has 4 aromatic rings. The van der Waals surface area contributed by atoms with Gasteiger partial charge in [-0.2, -0.15) is 9.40 Å². The van der Waals surface area contributed by atoms with Crippen LogP contribution in [-0.2, 0) is 16.6 Å². The Balaban J connectivity index is 1.77. The van der Waals surface area contributed by atoms with Gasteiger partial charge in [0.2, 0.25) is 10.0 Å². The first-order chi connectivity index (χ1) is 16.2. The van der Waals surface area contributed by atoms with Crippen molar-refractivity contribution in [3.63, 3.8) is 0 Å². The number of para-hydroxylation sites is 2. The number of sulfonamides is 1. The molecule has 1 aromatic heterocycles. The summed E-state index contributed by atoms with van der Waals surface area (Å²) in [5.41, 5.74) is 1.77. The molecular formula is C24H22ClN3O5S. The molecule has 0 aliphatic heterocycles. The SMILES string of the molecule is COc1ccccc1CN(C)S(=O)(=O)c1cc(-c2ccnn2-c2ccccc2Cl)c(O)cc1O. The van der Waals surface area contributed by atoms with Crippen molar-refractivity contribution < 1.29 is 23.4 Å². The van der Waals surface area contributed by atoms with Gasteiger partial charge < -0.3 is 14.9 Å². The summed E-state index contributed by atoms with van der Waals surface area (Å²) in [7, 11) is -1.24. The van der Waals surface area contributed by atoms with Crippen molar-refractivity contribution >= 4 is 21.6 Å². The Morgan fingerprint density at radius 2 is 1.74 bits per heavy atom. The molecule has 0 spiro atoms. The standard InChI is InChI=1S/C24H22ClN3O5S/c1-27(15-16-7-3-6-10-23(16)33-2)34(31,32)24-13-17(21(29)14-22(24)30)19-11-12-26-28(19)20-9-5-4-8-18(20)25/h3-14,29-30H,15H2,1-2H3. The Morgan fingerprint density at radius 1 is 1.03 bits per heavy atom. The molecule has 3 aromatic carbocycles. The number of halogens is 1. The highest BCUT2D eigenvalue weighted by Gasteiger charge is 2.28. The normalized spacial score (nSPS) is 11.6. The van der Waals surface area contributed by atoms with Crippen LogP contribution in [0.15, 0.2) is 77.8 Å². The summed E-state index contributed by atoms with van der Waals surface area (Å²) in [5.74, 6) is -0.335. The summed E-state index contributed by atoms with van der Waals surface area (Å²) in [4.78, 5) is -0.357. The Labute approximate surface area is 202 Å². The van der Waals surface area contributed by atoms with Crippen LogP contribution < -0.4 is 4.74 Å². The second-order valence-electron chi connectivity index (χ2n) is 7.49. The number of methoxy groups -OCH3 is 1. The first-order valence-electron chi connectivity index (χ1n) is 10.2. The molecule has 176 valence electrons. The lowest BCUT2D eigenvalue weighted by atomic mass is 10.1. The molecule has 0 fully saturated rings. The molecule has 0 unspecified atom stereocenters. The third-order valence-electron chi connectivity index (χ3n) is 5.35. The van der Waals surface area contributed by atoms with E-state index in [0.29, 0.717) is 27.7 Å². The molecule has 10 heteroatoms. The van der Waals surface area contributed by atoms with Gasteiger partial charge in [0.15, 0.2) is 0 Å². The Hall–Kier alpha value is -3.53. The molecule has 4 rings (SSSR count). The van der Waals surface area contributed by atoms with E-state index in [9.17, 15) is 18.6 Å². The van der Waals surface area contributed by atoms with E-state index in [1.54, 1.807) is 54.6 Å². The van der Waals surface area contributed by atoms with E-state index in [1.165, 1.54) is 31.1 Å². The van der Waals surface area contributed by atoms with Gasteiger partial charge in [0.25, 0.3) is 0 Å². The number of nitrogens with zero attached hydrogens (tertiary/aromatic N) is 3. The quantitative estimate of drug-likeness (QED) is 0.389. The number of hydrogen-bond donors (Lipinski definition) is 2. The average molecular weight is 500 g/mol. The molecule has 1 heterocycles. The van der Waals surface area contributed by atoms with Gasteiger partial charge in [-0.3, -0.25) is 0 Å². The van der Waals surface area contributed by atoms with Crippen molar-refractivity contribution in [2.24, 2.45) is 0 Å². The van der Waals surface area contributed by atoms with Gasteiger partial charge in [-0.25, -0.2) is 13.1 Å². The zero-order valence-electron chi connectivity index (χ0n) is 18.4. The smallest absolute Gasteiger partial charge is 0.246 e. The molecule has 0 atom stereocenters. The molecule has 0 saturated heterocycles. The summed E-state index contributed by atoms with van der Waals surface area (Å²) < 4.78 is 34.7. The van der Waals surface area contributed by atoms with Crippen LogP contribution >= 0.6 is 11.6 Å². The number of aromatic hydroxyl groups is 2. The lowest BCUT2D eigenvalue weighted by Gasteiger charge is -2.20. The van der Waals surface area contributed by atoms with Gasteiger partial charge in [-0.15, -0.1) is 0 Å². The fourth-order valence-electron chi connectivity index (χ4n) is 3.62. The summed E-state index contributed by atoms with van der Waals surface area (Å²) in [6, 6.07) is 17.9. The molecule has 0 aliphatic carbocycles. The van der Waals surface area contributed by atoms with Gasteiger partial charge >= 0.3 is 0 Å². The first-order valence-corrected chi connectivity index (χ1v) is 12.0. The summed E-state index contributed by atoms with van der Waals surface area (Å²) >= 11 is 6.31. The molecular weight excluding hydrogens is 478 g/mol. The van der Waals surface area contributed by atoms with Crippen LogP contribution in [0.1, 0.15) is 5.56 Å². The maximum atomic E-state index is 13.4. The molecule has 0 saturated carbocycles. The molecule has 2 N–H and O–H groups in total. The summed E-state index contributed by atoms with van der Waals surface area (Å²) in [6.45, 7) is 0.0134. The molecule has 0 amide bonds. The number of ether oxygens (including phenoxy) is 1. The minimum atomic E-state index is -4.15. The van der Waals surface area contributed by atoms with Crippen LogP contribution in [0, 0.1) is 0 Å². The van der Waals surface area contributed by atoms with Crippen molar-refractivity contribution in [2.75, 3.05) is 14.2 Å². The van der Waals surface area contributed by atoms with E-state index in [0.717, 1.165) is 10.4 Å². The lowest BCUT2D eigenvalue weighted by molar-refractivity contribution is 0.396. The Bertz CT molecular complexity index is 1450. The van der Waals surface area contributed by atoms with Crippen LogP contribution in [0.4, 0.5) is 0 Å². The van der Waals surface area contributed by atoms with Crippen LogP contribution in [0.3, 0.4) is 0 Å². The number of hydrogen-bond acceptors (Lipinski definition) is 6. The minimum Gasteiger partial charge on any atom is -0.507 e. The highest BCUT2D eigenvalue weighted by Crippen LogP contribution is 2.39. The van der Waals surface area contributed by atoms with Gasteiger partial charge in [-0.1, -0.05) is 41.9 Å².